The first-order valence-electron chi connectivity index (χ1n) is 7.18. The van der Waals surface area contributed by atoms with E-state index in [1.165, 1.54) is 0 Å². The van der Waals surface area contributed by atoms with Gasteiger partial charge in [-0.2, -0.15) is 0 Å². The fourth-order valence-electron chi connectivity index (χ4n) is 1.93. The maximum Gasteiger partial charge on any atom is 0.337 e. The average Bonchev–Trinajstić information content (AvgIpc) is 2.52. The van der Waals surface area contributed by atoms with E-state index in [4.69, 9.17) is 11.6 Å². The summed E-state index contributed by atoms with van der Waals surface area (Å²) in [5.41, 5.74) is 6.79. The number of rotatable bonds is 3. The van der Waals surface area contributed by atoms with Crippen LogP contribution in [0.3, 0.4) is 0 Å². The van der Waals surface area contributed by atoms with Gasteiger partial charge in [0.2, 0.25) is 0 Å². The van der Waals surface area contributed by atoms with Crippen molar-refractivity contribution in [1.29, 1.82) is 0 Å². The molecular weight excluding hydrogens is 314 g/mol. The van der Waals surface area contributed by atoms with Crippen LogP contribution in [-0.4, -0.2) is 11.9 Å². The summed E-state index contributed by atoms with van der Waals surface area (Å²) in [5.74, 6) is 0.00950. The Kier molecular flexibility index (Phi) is 5.60. The highest BCUT2D eigenvalue weighted by Crippen LogP contribution is 2.15. The van der Waals surface area contributed by atoms with Crippen LogP contribution >= 0.6 is 11.6 Å². The topological polar surface area (TPSA) is 70.2 Å². The molecule has 0 saturated heterocycles. The summed E-state index contributed by atoms with van der Waals surface area (Å²) >= 11 is 5.83. The van der Waals surface area contributed by atoms with E-state index in [1.54, 1.807) is 36.4 Å². The van der Waals surface area contributed by atoms with Crippen molar-refractivity contribution in [2.75, 3.05) is 5.32 Å². The molecule has 3 amide bonds. The van der Waals surface area contributed by atoms with Gasteiger partial charge in [0.25, 0.3) is 5.91 Å². The van der Waals surface area contributed by atoms with Crippen molar-refractivity contribution in [3.05, 3.63) is 64.7 Å². The van der Waals surface area contributed by atoms with Crippen LogP contribution in [0.2, 0.25) is 5.02 Å². The van der Waals surface area contributed by atoms with Crippen molar-refractivity contribution >= 4 is 29.2 Å². The van der Waals surface area contributed by atoms with Gasteiger partial charge >= 0.3 is 6.03 Å². The van der Waals surface area contributed by atoms with Crippen LogP contribution in [0.4, 0.5) is 10.5 Å². The zero-order chi connectivity index (χ0) is 16.8. The van der Waals surface area contributed by atoms with Gasteiger partial charge < -0.3 is 5.32 Å². The van der Waals surface area contributed by atoms with Crippen molar-refractivity contribution in [2.45, 2.75) is 19.8 Å². The molecule has 0 spiro atoms. The van der Waals surface area contributed by atoms with Crippen molar-refractivity contribution in [3.8, 4) is 0 Å². The molecule has 3 N–H and O–H groups in total. The maximum absolute atomic E-state index is 12.0. The second kappa shape index (κ2) is 7.65. The van der Waals surface area contributed by atoms with Crippen LogP contribution in [0.1, 0.15) is 35.7 Å². The van der Waals surface area contributed by atoms with E-state index >= 15 is 0 Å². The summed E-state index contributed by atoms with van der Waals surface area (Å²) in [6.45, 7) is 4.16. The van der Waals surface area contributed by atoms with Gasteiger partial charge in [0, 0.05) is 16.3 Å². The van der Waals surface area contributed by atoms with E-state index in [-0.39, 0.29) is 5.91 Å². The predicted octanol–water partition coefficient (Wildman–Crippen LogP) is 3.93. The molecule has 5 nitrogen and oxygen atoms in total. The van der Waals surface area contributed by atoms with Crippen molar-refractivity contribution in [1.82, 2.24) is 10.9 Å². The SMILES string of the molecule is CC(C)c1ccc(C(=O)NNC(=O)Nc2cccc(Cl)c2)cc1. The Bertz CT molecular complexity index is 699. The Morgan fingerprint density at radius 3 is 2.30 bits per heavy atom. The summed E-state index contributed by atoms with van der Waals surface area (Å²) in [6, 6.07) is 13.4. The monoisotopic (exact) mass is 331 g/mol. The Labute approximate surface area is 140 Å². The van der Waals surface area contributed by atoms with Gasteiger partial charge in [0.1, 0.15) is 0 Å². The third-order valence-electron chi connectivity index (χ3n) is 3.21. The summed E-state index contributed by atoms with van der Waals surface area (Å²) in [5, 5.41) is 3.08. The van der Waals surface area contributed by atoms with E-state index in [9.17, 15) is 9.59 Å². The molecule has 2 aromatic rings. The number of carbonyl (C=O) groups is 2. The van der Waals surface area contributed by atoms with E-state index in [0.717, 1.165) is 5.56 Å². The van der Waals surface area contributed by atoms with Gasteiger partial charge in [-0.1, -0.05) is 43.6 Å². The molecule has 0 heterocycles. The lowest BCUT2D eigenvalue weighted by molar-refractivity contribution is 0.0938. The van der Waals surface area contributed by atoms with Crippen molar-refractivity contribution in [2.24, 2.45) is 0 Å². The fourth-order valence-corrected chi connectivity index (χ4v) is 2.12. The molecule has 23 heavy (non-hydrogen) atoms. The third-order valence-corrected chi connectivity index (χ3v) is 3.45. The molecule has 0 aliphatic heterocycles. The summed E-state index contributed by atoms with van der Waals surface area (Å²) in [7, 11) is 0. The molecule has 0 bridgehead atoms. The molecule has 2 aromatic carbocycles. The fraction of sp³-hybridized carbons (Fsp3) is 0.176. The van der Waals surface area contributed by atoms with Crippen LogP contribution < -0.4 is 16.2 Å². The Morgan fingerprint density at radius 1 is 1.00 bits per heavy atom. The molecule has 2 rings (SSSR count). The summed E-state index contributed by atoms with van der Waals surface area (Å²) < 4.78 is 0. The minimum absolute atomic E-state index is 0.387. The quantitative estimate of drug-likeness (QED) is 0.746. The van der Waals surface area contributed by atoms with E-state index < -0.39 is 6.03 Å². The molecular formula is C17H18ClN3O2. The minimum Gasteiger partial charge on any atom is -0.307 e. The minimum atomic E-state index is -0.556. The molecule has 0 unspecified atom stereocenters. The molecule has 0 aliphatic carbocycles. The first kappa shape index (κ1) is 16.8. The second-order valence-corrected chi connectivity index (χ2v) is 5.76. The van der Waals surface area contributed by atoms with Crippen LogP contribution in [0.15, 0.2) is 48.5 Å². The van der Waals surface area contributed by atoms with Crippen LogP contribution in [0.25, 0.3) is 0 Å². The van der Waals surface area contributed by atoms with Gasteiger partial charge in [0.15, 0.2) is 0 Å². The van der Waals surface area contributed by atoms with Crippen LogP contribution in [0.5, 0.6) is 0 Å². The number of amides is 3. The highest BCUT2D eigenvalue weighted by atomic mass is 35.5. The van der Waals surface area contributed by atoms with E-state index in [2.05, 4.69) is 30.0 Å². The van der Waals surface area contributed by atoms with Gasteiger partial charge in [-0.25, -0.2) is 10.2 Å². The van der Waals surface area contributed by atoms with Gasteiger partial charge in [-0.05, 0) is 41.8 Å². The number of nitrogens with one attached hydrogen (secondary N) is 3. The van der Waals surface area contributed by atoms with E-state index in [0.29, 0.717) is 22.2 Å². The Balaban J connectivity index is 1.87. The molecule has 120 valence electrons. The molecule has 0 aromatic heterocycles. The maximum atomic E-state index is 12.0. The smallest absolute Gasteiger partial charge is 0.307 e. The highest BCUT2D eigenvalue weighted by Gasteiger charge is 2.08. The standard InChI is InChI=1S/C17H18ClN3O2/c1-11(2)12-6-8-13(9-7-12)16(22)20-21-17(23)19-15-5-3-4-14(18)10-15/h3-11H,1-2H3,(H,20,22)(H2,19,21,23). The van der Waals surface area contributed by atoms with Crippen molar-refractivity contribution < 1.29 is 9.59 Å². The number of anilines is 1. The number of hydrazine groups is 1. The lowest BCUT2D eigenvalue weighted by Gasteiger charge is -2.10. The largest absolute Gasteiger partial charge is 0.337 e. The van der Waals surface area contributed by atoms with E-state index in [1.807, 2.05) is 12.1 Å². The number of hydrogen-bond donors (Lipinski definition) is 3. The zero-order valence-corrected chi connectivity index (χ0v) is 13.6. The molecule has 0 radical (unpaired) electrons. The average molecular weight is 332 g/mol. The lowest BCUT2D eigenvalue weighted by atomic mass is 10.0. The van der Waals surface area contributed by atoms with Crippen LogP contribution in [0, 0.1) is 0 Å². The predicted molar refractivity (Wildman–Crippen MR) is 91.6 cm³/mol. The molecule has 0 fully saturated rings. The Morgan fingerprint density at radius 2 is 1.70 bits per heavy atom. The second-order valence-electron chi connectivity index (χ2n) is 5.32. The molecule has 0 aliphatic rings. The highest BCUT2D eigenvalue weighted by molar-refractivity contribution is 6.30. The number of hydrogen-bond acceptors (Lipinski definition) is 2. The number of carbonyl (C=O) groups excluding carboxylic acids is 2. The summed E-state index contributed by atoms with van der Waals surface area (Å²) in [4.78, 5) is 23.7. The number of halogens is 1. The molecule has 0 atom stereocenters. The first-order chi connectivity index (χ1) is 11.0. The van der Waals surface area contributed by atoms with Crippen LogP contribution in [-0.2, 0) is 0 Å². The lowest BCUT2D eigenvalue weighted by Crippen LogP contribution is -2.43. The zero-order valence-electron chi connectivity index (χ0n) is 12.9. The number of urea groups is 1. The molecule has 0 saturated carbocycles. The first-order valence-corrected chi connectivity index (χ1v) is 7.56. The normalized spacial score (nSPS) is 10.3. The van der Waals surface area contributed by atoms with Gasteiger partial charge in [0.05, 0.1) is 0 Å². The number of benzene rings is 2. The molecule has 6 heteroatoms. The van der Waals surface area contributed by atoms with Gasteiger partial charge in [-0.3, -0.25) is 10.2 Å². The summed E-state index contributed by atoms with van der Waals surface area (Å²) in [6.07, 6.45) is 0. The third kappa shape index (κ3) is 5.00. The van der Waals surface area contributed by atoms with Crippen molar-refractivity contribution in [3.63, 3.8) is 0 Å². The van der Waals surface area contributed by atoms with Gasteiger partial charge in [-0.15, -0.1) is 0 Å². The Hall–Kier alpha value is -2.53.